The molecular formula is C10H10F2O3S. The minimum atomic E-state index is -4.02. The van der Waals surface area contributed by atoms with Crippen molar-refractivity contribution in [2.75, 3.05) is 6.61 Å². The van der Waals surface area contributed by atoms with Crippen molar-refractivity contribution in [3.63, 3.8) is 0 Å². The second kappa shape index (κ2) is 5.16. The lowest BCUT2D eigenvalue weighted by molar-refractivity contribution is -0.159. The van der Waals surface area contributed by atoms with Crippen molar-refractivity contribution in [2.24, 2.45) is 0 Å². The van der Waals surface area contributed by atoms with Crippen LogP contribution in [0.25, 0.3) is 0 Å². The van der Waals surface area contributed by atoms with Gasteiger partial charge in [-0.15, -0.1) is 0 Å². The first-order valence-corrected chi connectivity index (χ1v) is 5.67. The van der Waals surface area contributed by atoms with Crippen molar-refractivity contribution in [2.45, 2.75) is 17.1 Å². The number of benzene rings is 1. The fourth-order valence-corrected chi connectivity index (χ4v) is 1.89. The van der Waals surface area contributed by atoms with Crippen LogP contribution in [0, 0.1) is 0 Å². The Labute approximate surface area is 93.9 Å². The van der Waals surface area contributed by atoms with Gasteiger partial charge >= 0.3 is 11.2 Å². The molecule has 0 amide bonds. The van der Waals surface area contributed by atoms with Crippen molar-refractivity contribution < 1.29 is 22.5 Å². The van der Waals surface area contributed by atoms with Gasteiger partial charge < -0.3 is 4.74 Å². The van der Waals surface area contributed by atoms with Gasteiger partial charge in [0.2, 0.25) is 0 Å². The molecule has 0 bridgehead atoms. The molecule has 0 aromatic heterocycles. The van der Waals surface area contributed by atoms with Crippen LogP contribution in [0.3, 0.4) is 0 Å². The lowest BCUT2D eigenvalue weighted by Crippen LogP contribution is -2.35. The number of hydrogen-bond acceptors (Lipinski definition) is 3. The third kappa shape index (κ3) is 2.63. The van der Waals surface area contributed by atoms with Gasteiger partial charge in [-0.05, 0) is 19.1 Å². The number of alkyl halides is 2. The maximum atomic E-state index is 13.3. The van der Waals surface area contributed by atoms with Crippen LogP contribution in [0.1, 0.15) is 6.92 Å². The first-order chi connectivity index (χ1) is 7.50. The Morgan fingerprint density at radius 3 is 2.44 bits per heavy atom. The maximum absolute atomic E-state index is 13.3. The van der Waals surface area contributed by atoms with Crippen molar-refractivity contribution in [1.29, 1.82) is 0 Å². The summed E-state index contributed by atoms with van der Waals surface area (Å²) in [5.41, 5.74) is 0. The van der Waals surface area contributed by atoms with Crippen LogP contribution in [0.15, 0.2) is 35.2 Å². The molecule has 1 aromatic rings. The Morgan fingerprint density at radius 1 is 1.38 bits per heavy atom. The number of rotatable bonds is 4. The van der Waals surface area contributed by atoms with Crippen LogP contribution >= 0.6 is 0 Å². The minimum absolute atomic E-state index is 0.111. The highest BCUT2D eigenvalue weighted by atomic mass is 32.2. The van der Waals surface area contributed by atoms with E-state index in [9.17, 15) is 17.8 Å². The number of ether oxygens (including phenoxy) is 1. The first-order valence-electron chi connectivity index (χ1n) is 4.52. The summed E-state index contributed by atoms with van der Waals surface area (Å²) in [6, 6.07) is 7.07. The SMILES string of the molecule is CCOC(=O)C(F)(F)S(=O)c1ccccc1. The van der Waals surface area contributed by atoms with Crippen molar-refractivity contribution in [1.82, 2.24) is 0 Å². The van der Waals surface area contributed by atoms with Gasteiger partial charge in [0, 0.05) is 4.90 Å². The van der Waals surface area contributed by atoms with Gasteiger partial charge in [-0.25, -0.2) is 9.00 Å². The number of esters is 1. The van der Waals surface area contributed by atoms with Crippen LogP contribution in [-0.2, 0) is 20.3 Å². The highest BCUT2D eigenvalue weighted by Gasteiger charge is 2.48. The Morgan fingerprint density at radius 2 is 1.94 bits per heavy atom. The molecule has 3 nitrogen and oxygen atoms in total. The summed E-state index contributed by atoms with van der Waals surface area (Å²) in [6.07, 6.45) is 0. The van der Waals surface area contributed by atoms with Crippen LogP contribution in [0.2, 0.25) is 0 Å². The van der Waals surface area contributed by atoms with Gasteiger partial charge in [0.15, 0.2) is 0 Å². The number of hydrogen-bond donors (Lipinski definition) is 0. The summed E-state index contributed by atoms with van der Waals surface area (Å²) < 4.78 is 42.2. The maximum Gasteiger partial charge on any atom is 0.420 e. The van der Waals surface area contributed by atoms with Gasteiger partial charge in [0.1, 0.15) is 10.8 Å². The van der Waals surface area contributed by atoms with Gasteiger partial charge in [0.05, 0.1) is 6.61 Å². The molecule has 16 heavy (non-hydrogen) atoms. The molecule has 0 saturated heterocycles. The van der Waals surface area contributed by atoms with E-state index in [1.807, 2.05) is 0 Å². The molecule has 0 spiro atoms. The molecule has 0 heterocycles. The Balaban J connectivity index is 2.92. The summed E-state index contributed by atoms with van der Waals surface area (Å²) in [4.78, 5) is 10.8. The van der Waals surface area contributed by atoms with Crippen LogP contribution < -0.4 is 0 Å². The van der Waals surface area contributed by atoms with Crippen LogP contribution in [0.4, 0.5) is 8.78 Å². The molecule has 1 unspecified atom stereocenters. The van der Waals surface area contributed by atoms with Gasteiger partial charge in [-0.3, -0.25) is 0 Å². The lowest BCUT2D eigenvalue weighted by Gasteiger charge is -2.13. The van der Waals surface area contributed by atoms with Crippen molar-refractivity contribution in [3.05, 3.63) is 30.3 Å². The Bertz CT molecular complexity index is 392. The summed E-state index contributed by atoms with van der Waals surface area (Å²) in [5, 5.41) is -4.02. The zero-order chi connectivity index (χ0) is 12.2. The molecule has 0 fully saturated rings. The predicted octanol–water partition coefficient (Wildman–Crippen LogP) is 1.95. The van der Waals surface area contributed by atoms with Gasteiger partial charge in [0.25, 0.3) is 0 Å². The summed E-state index contributed by atoms with van der Waals surface area (Å²) in [6.45, 7) is 1.22. The quantitative estimate of drug-likeness (QED) is 0.765. The molecule has 0 aliphatic carbocycles. The van der Waals surface area contributed by atoms with Crippen LogP contribution in [0.5, 0.6) is 0 Å². The van der Waals surface area contributed by atoms with Gasteiger partial charge in [-0.1, -0.05) is 18.2 Å². The normalized spacial score (nSPS) is 13.2. The summed E-state index contributed by atoms with van der Waals surface area (Å²) in [5.74, 6) is -1.77. The van der Waals surface area contributed by atoms with E-state index in [4.69, 9.17) is 0 Å². The Kier molecular flexibility index (Phi) is 4.12. The molecule has 1 atom stereocenters. The molecule has 1 rings (SSSR count). The van der Waals surface area contributed by atoms with E-state index in [-0.39, 0.29) is 11.5 Å². The minimum Gasteiger partial charge on any atom is -0.461 e. The smallest absolute Gasteiger partial charge is 0.420 e. The second-order valence-corrected chi connectivity index (χ2v) is 4.34. The van der Waals surface area contributed by atoms with E-state index in [1.165, 1.54) is 31.2 Å². The average molecular weight is 248 g/mol. The molecule has 0 aliphatic rings. The van der Waals surface area contributed by atoms with E-state index >= 15 is 0 Å². The monoisotopic (exact) mass is 248 g/mol. The standard InChI is InChI=1S/C10H10F2O3S/c1-2-15-9(13)10(11,12)16(14)8-6-4-3-5-7-8/h3-7H,2H2,1H3. The number of carbonyl (C=O) groups is 1. The average Bonchev–Trinajstić information content (AvgIpc) is 2.29. The predicted molar refractivity (Wildman–Crippen MR) is 54.4 cm³/mol. The van der Waals surface area contributed by atoms with Crippen molar-refractivity contribution in [3.8, 4) is 0 Å². The van der Waals surface area contributed by atoms with E-state index in [2.05, 4.69) is 4.74 Å². The summed E-state index contributed by atoms with van der Waals surface area (Å²) in [7, 11) is -2.73. The second-order valence-electron chi connectivity index (χ2n) is 2.82. The van der Waals surface area contributed by atoms with E-state index in [1.54, 1.807) is 6.07 Å². The van der Waals surface area contributed by atoms with E-state index in [0.29, 0.717) is 0 Å². The molecule has 0 saturated carbocycles. The molecule has 1 aromatic carbocycles. The number of halogens is 2. The fourth-order valence-electron chi connectivity index (χ4n) is 0.983. The molecule has 0 N–H and O–H groups in total. The molecule has 0 radical (unpaired) electrons. The zero-order valence-corrected chi connectivity index (χ0v) is 9.30. The molecule has 6 heteroatoms. The van der Waals surface area contributed by atoms with E-state index < -0.39 is 22.0 Å². The van der Waals surface area contributed by atoms with Crippen molar-refractivity contribution >= 4 is 16.8 Å². The van der Waals surface area contributed by atoms with Gasteiger partial charge in [-0.2, -0.15) is 8.78 Å². The molecular weight excluding hydrogens is 238 g/mol. The molecule has 88 valence electrons. The zero-order valence-electron chi connectivity index (χ0n) is 8.48. The topological polar surface area (TPSA) is 43.4 Å². The largest absolute Gasteiger partial charge is 0.461 e. The summed E-state index contributed by atoms with van der Waals surface area (Å²) >= 11 is 0. The Hall–Kier alpha value is -1.30. The highest BCUT2D eigenvalue weighted by molar-refractivity contribution is 7.87. The third-order valence-electron chi connectivity index (χ3n) is 1.70. The first kappa shape index (κ1) is 12.8. The highest BCUT2D eigenvalue weighted by Crippen LogP contribution is 2.26. The lowest BCUT2D eigenvalue weighted by atomic mass is 10.4. The van der Waals surface area contributed by atoms with Crippen LogP contribution in [-0.4, -0.2) is 22.0 Å². The molecule has 0 aliphatic heterocycles. The third-order valence-corrected chi connectivity index (χ3v) is 3.04. The number of carbonyl (C=O) groups excluding carboxylic acids is 1. The fraction of sp³-hybridized carbons (Fsp3) is 0.300. The van der Waals surface area contributed by atoms with E-state index in [0.717, 1.165) is 0 Å².